The van der Waals surface area contributed by atoms with E-state index in [9.17, 15) is 0 Å². The van der Waals surface area contributed by atoms with Crippen molar-refractivity contribution in [1.29, 1.82) is 0 Å². The summed E-state index contributed by atoms with van der Waals surface area (Å²) in [5.74, 6) is 0. The Morgan fingerprint density at radius 1 is 1.36 bits per heavy atom. The molecule has 0 bridgehead atoms. The van der Waals surface area contributed by atoms with Crippen molar-refractivity contribution in [3.05, 3.63) is 24.9 Å². The normalized spacial score (nSPS) is 20.4. The number of rotatable bonds is 1. The Balaban J connectivity index is 2.04. The van der Waals surface area contributed by atoms with E-state index in [2.05, 4.69) is 16.2 Å². The van der Waals surface area contributed by atoms with E-state index in [0.29, 0.717) is 6.04 Å². The lowest BCUT2D eigenvalue weighted by Crippen LogP contribution is -2.13. The van der Waals surface area contributed by atoms with Gasteiger partial charge in [0, 0.05) is 12.4 Å². The van der Waals surface area contributed by atoms with Gasteiger partial charge in [-0.05, 0) is 25.3 Å². The molecule has 2 heteroatoms. The number of aromatic nitrogens is 2. The zero-order valence-electron chi connectivity index (χ0n) is 6.61. The van der Waals surface area contributed by atoms with E-state index in [0.717, 1.165) is 0 Å². The van der Waals surface area contributed by atoms with Gasteiger partial charge in [-0.25, -0.2) is 0 Å². The Hall–Kier alpha value is -0.790. The largest absolute Gasteiger partial charge is 0.269 e. The zero-order chi connectivity index (χ0) is 7.52. The lowest BCUT2D eigenvalue weighted by Gasteiger charge is -2.21. The fourth-order valence-electron chi connectivity index (χ4n) is 1.64. The molecule has 0 amide bonds. The molecule has 2 nitrogen and oxygen atoms in total. The van der Waals surface area contributed by atoms with Crippen LogP contribution in [0.5, 0.6) is 0 Å². The summed E-state index contributed by atoms with van der Waals surface area (Å²) < 4.78 is 2.05. The first-order valence-corrected chi connectivity index (χ1v) is 4.29. The number of hydrogen-bond donors (Lipinski definition) is 0. The Bertz CT molecular complexity index is 197. The molecule has 0 aliphatic heterocycles. The first-order valence-electron chi connectivity index (χ1n) is 4.29. The van der Waals surface area contributed by atoms with Crippen LogP contribution in [0.3, 0.4) is 0 Å². The highest BCUT2D eigenvalue weighted by Gasteiger charge is 2.14. The van der Waals surface area contributed by atoms with Crippen LogP contribution >= 0.6 is 0 Å². The minimum absolute atomic E-state index is 0.568. The van der Waals surface area contributed by atoms with Crippen LogP contribution in [0.15, 0.2) is 18.5 Å². The Kier molecular flexibility index (Phi) is 1.93. The summed E-state index contributed by atoms with van der Waals surface area (Å²) in [6.45, 7) is 0. The van der Waals surface area contributed by atoms with Crippen LogP contribution in [0.2, 0.25) is 0 Å². The molecule has 1 atom stereocenters. The van der Waals surface area contributed by atoms with Crippen LogP contribution in [0.25, 0.3) is 0 Å². The van der Waals surface area contributed by atoms with Crippen molar-refractivity contribution in [2.24, 2.45) is 0 Å². The van der Waals surface area contributed by atoms with Crippen LogP contribution in [-0.2, 0) is 0 Å². The Morgan fingerprint density at radius 3 is 3.00 bits per heavy atom. The van der Waals surface area contributed by atoms with Gasteiger partial charge in [-0.2, -0.15) is 5.10 Å². The highest BCUT2D eigenvalue weighted by molar-refractivity contribution is 4.89. The topological polar surface area (TPSA) is 17.8 Å². The molecular weight excluding hydrogens is 136 g/mol. The van der Waals surface area contributed by atoms with Gasteiger partial charge in [0.15, 0.2) is 0 Å². The predicted molar refractivity (Wildman–Crippen MR) is 44.0 cm³/mol. The van der Waals surface area contributed by atoms with Gasteiger partial charge >= 0.3 is 0 Å². The van der Waals surface area contributed by atoms with Gasteiger partial charge in [0.25, 0.3) is 0 Å². The van der Waals surface area contributed by atoms with Gasteiger partial charge in [0.1, 0.15) is 0 Å². The lowest BCUT2D eigenvalue weighted by atomic mass is 9.96. The predicted octanol–water partition coefficient (Wildman–Crippen LogP) is 2.20. The van der Waals surface area contributed by atoms with E-state index in [-0.39, 0.29) is 0 Å². The molecule has 1 unspecified atom stereocenters. The van der Waals surface area contributed by atoms with Gasteiger partial charge in [0.05, 0.1) is 6.04 Å². The van der Waals surface area contributed by atoms with E-state index in [1.165, 1.54) is 25.7 Å². The first kappa shape index (κ1) is 6.89. The third kappa shape index (κ3) is 1.44. The molecule has 0 N–H and O–H groups in total. The van der Waals surface area contributed by atoms with Crippen molar-refractivity contribution in [3.8, 4) is 0 Å². The van der Waals surface area contributed by atoms with Crippen LogP contribution in [0, 0.1) is 6.42 Å². The van der Waals surface area contributed by atoms with Gasteiger partial charge < -0.3 is 0 Å². The van der Waals surface area contributed by atoms with Crippen LogP contribution in [-0.4, -0.2) is 9.78 Å². The minimum Gasteiger partial charge on any atom is -0.269 e. The van der Waals surface area contributed by atoms with Crippen LogP contribution < -0.4 is 0 Å². The van der Waals surface area contributed by atoms with Crippen LogP contribution in [0.1, 0.15) is 31.7 Å². The van der Waals surface area contributed by atoms with Crippen LogP contribution in [0.4, 0.5) is 0 Å². The highest BCUT2D eigenvalue weighted by Crippen LogP contribution is 2.25. The molecule has 0 spiro atoms. The number of nitrogens with zero attached hydrogens (tertiary/aromatic N) is 2. The Morgan fingerprint density at radius 2 is 2.36 bits per heavy atom. The summed E-state index contributed by atoms with van der Waals surface area (Å²) in [5, 5.41) is 4.23. The minimum atomic E-state index is 0.568. The fraction of sp³-hybridized carbons (Fsp3) is 0.556. The molecule has 0 saturated heterocycles. The monoisotopic (exact) mass is 149 g/mol. The molecule has 1 saturated carbocycles. The molecule has 0 aromatic carbocycles. The average molecular weight is 149 g/mol. The van der Waals surface area contributed by atoms with Crippen molar-refractivity contribution in [2.45, 2.75) is 31.7 Å². The van der Waals surface area contributed by atoms with E-state index in [4.69, 9.17) is 0 Å². The molecule has 2 rings (SSSR count). The molecule has 59 valence electrons. The first-order chi connectivity index (χ1) is 5.47. The molecule has 1 heterocycles. The van der Waals surface area contributed by atoms with Crippen molar-refractivity contribution in [2.75, 3.05) is 0 Å². The molecular formula is C9H13N2. The van der Waals surface area contributed by atoms with Gasteiger partial charge in [0.2, 0.25) is 0 Å². The van der Waals surface area contributed by atoms with Crippen molar-refractivity contribution in [3.63, 3.8) is 0 Å². The van der Waals surface area contributed by atoms with Crippen molar-refractivity contribution >= 4 is 0 Å². The fourth-order valence-corrected chi connectivity index (χ4v) is 1.64. The van der Waals surface area contributed by atoms with Gasteiger partial charge in [-0.3, -0.25) is 4.68 Å². The molecule has 1 aromatic rings. The standard InChI is InChI=1S/C9H13N2/c1-2-5-9(6-3-1)11-8-4-7-10-11/h4-5,7-9H,1-3,6H2. The molecule has 1 aromatic heterocycles. The summed E-state index contributed by atoms with van der Waals surface area (Å²) in [5.41, 5.74) is 0. The molecule has 1 fully saturated rings. The Labute approximate surface area is 67.2 Å². The third-order valence-electron chi connectivity index (χ3n) is 2.26. The molecule has 1 aliphatic rings. The van der Waals surface area contributed by atoms with E-state index in [1.807, 2.05) is 18.5 Å². The summed E-state index contributed by atoms with van der Waals surface area (Å²) in [6, 6.07) is 2.56. The van der Waals surface area contributed by atoms with Crippen molar-refractivity contribution < 1.29 is 0 Å². The summed E-state index contributed by atoms with van der Waals surface area (Å²) >= 11 is 0. The zero-order valence-corrected chi connectivity index (χ0v) is 6.61. The van der Waals surface area contributed by atoms with Gasteiger partial charge in [-0.15, -0.1) is 0 Å². The second kappa shape index (κ2) is 3.07. The SMILES string of the molecule is [CH]1CCCCC1n1cccn1. The quantitative estimate of drug-likeness (QED) is 0.598. The third-order valence-corrected chi connectivity index (χ3v) is 2.26. The number of hydrogen-bond acceptors (Lipinski definition) is 1. The van der Waals surface area contributed by atoms with E-state index >= 15 is 0 Å². The van der Waals surface area contributed by atoms with E-state index < -0.39 is 0 Å². The second-order valence-electron chi connectivity index (χ2n) is 3.07. The maximum atomic E-state index is 4.23. The van der Waals surface area contributed by atoms with Crippen molar-refractivity contribution in [1.82, 2.24) is 9.78 Å². The smallest absolute Gasteiger partial charge is 0.0550 e. The summed E-state index contributed by atoms with van der Waals surface area (Å²) in [6.07, 6.45) is 11.5. The summed E-state index contributed by atoms with van der Waals surface area (Å²) in [4.78, 5) is 0. The second-order valence-corrected chi connectivity index (χ2v) is 3.07. The summed E-state index contributed by atoms with van der Waals surface area (Å²) in [7, 11) is 0. The van der Waals surface area contributed by atoms with E-state index in [1.54, 1.807) is 0 Å². The molecule has 1 radical (unpaired) electrons. The highest BCUT2D eigenvalue weighted by atomic mass is 15.3. The van der Waals surface area contributed by atoms with Gasteiger partial charge in [-0.1, -0.05) is 12.8 Å². The lowest BCUT2D eigenvalue weighted by molar-refractivity contribution is 0.404. The average Bonchev–Trinajstić information content (AvgIpc) is 2.58. The maximum absolute atomic E-state index is 4.23. The molecule has 1 aliphatic carbocycles. The maximum Gasteiger partial charge on any atom is 0.0550 e. The molecule has 11 heavy (non-hydrogen) atoms.